The zero-order valence-corrected chi connectivity index (χ0v) is 10.9. The summed E-state index contributed by atoms with van der Waals surface area (Å²) in [5, 5.41) is 8.37. The number of carboxylic acid groups (broad SMARTS) is 1. The van der Waals surface area contributed by atoms with Crippen LogP contribution in [0.5, 0.6) is 0 Å². The fraction of sp³-hybridized carbons (Fsp3) is 0.364. The molecular weight excluding hydrogens is 243 g/mol. The van der Waals surface area contributed by atoms with Crippen molar-refractivity contribution < 1.29 is 23.5 Å². The first-order valence-electron chi connectivity index (χ1n) is 4.97. The van der Waals surface area contributed by atoms with E-state index < -0.39 is 14.2 Å². The Bertz CT molecular complexity index is 333. The van der Waals surface area contributed by atoms with E-state index in [-0.39, 0.29) is 6.42 Å². The smallest absolute Gasteiger partial charge is 0.318 e. The third-order valence-electron chi connectivity index (χ3n) is 1.80. The highest BCUT2D eigenvalue weighted by molar-refractivity contribution is 7.33. The van der Waals surface area contributed by atoms with Crippen molar-refractivity contribution in [1.29, 1.82) is 0 Å². The van der Waals surface area contributed by atoms with E-state index >= 15 is 0 Å². The van der Waals surface area contributed by atoms with Crippen molar-refractivity contribution in [2.24, 2.45) is 0 Å². The van der Waals surface area contributed by atoms with Crippen LogP contribution >= 0.6 is 8.25 Å². The average Bonchev–Trinajstić information content (AvgIpc) is 2.37. The summed E-state index contributed by atoms with van der Waals surface area (Å²) in [6.07, 6.45) is 0.834. The summed E-state index contributed by atoms with van der Waals surface area (Å²) in [5.74, 6) is -0.742. The van der Waals surface area contributed by atoms with Crippen LogP contribution in [0, 0.1) is 0 Å². The first-order chi connectivity index (χ1) is 8.10. The van der Waals surface area contributed by atoms with Crippen molar-refractivity contribution in [3.63, 3.8) is 0 Å². The van der Waals surface area contributed by atoms with Gasteiger partial charge in [-0.3, -0.25) is 9.36 Å². The van der Waals surface area contributed by atoms with Crippen molar-refractivity contribution >= 4 is 14.2 Å². The number of carbonyl (C=O) groups is 1. The summed E-state index contributed by atoms with van der Waals surface area (Å²) >= 11 is 0. The highest BCUT2D eigenvalue weighted by Gasteiger charge is 1.96. The molecule has 0 spiro atoms. The lowest BCUT2D eigenvalue weighted by Gasteiger charge is -1.95. The molecule has 1 N–H and O–H groups in total. The molecule has 1 aromatic carbocycles. The van der Waals surface area contributed by atoms with Crippen LogP contribution in [-0.2, 0) is 24.8 Å². The van der Waals surface area contributed by atoms with Crippen molar-refractivity contribution in [1.82, 2.24) is 0 Å². The predicted octanol–water partition coefficient (Wildman–Crippen LogP) is 2.37. The minimum absolute atomic E-state index is 0.212. The Morgan fingerprint density at radius 2 is 1.76 bits per heavy atom. The van der Waals surface area contributed by atoms with Crippen LogP contribution in [0.1, 0.15) is 12.0 Å². The first-order valence-corrected chi connectivity index (χ1v) is 6.20. The second kappa shape index (κ2) is 10.0. The number of hydrogen-bond acceptors (Lipinski definition) is 4. The zero-order chi connectivity index (χ0) is 13.1. The van der Waals surface area contributed by atoms with Gasteiger partial charge in [0.05, 0.1) is 0 Å². The van der Waals surface area contributed by atoms with Gasteiger partial charge in [-0.2, -0.15) is 0 Å². The van der Waals surface area contributed by atoms with Gasteiger partial charge in [0.1, 0.15) is 0 Å². The van der Waals surface area contributed by atoms with Crippen molar-refractivity contribution in [2.45, 2.75) is 12.8 Å². The highest BCUT2D eigenvalue weighted by Crippen LogP contribution is 2.18. The molecule has 0 saturated heterocycles. The summed E-state index contributed by atoms with van der Waals surface area (Å²) in [6.45, 7) is 0. The molecule has 1 aromatic rings. The van der Waals surface area contributed by atoms with Gasteiger partial charge in [0.15, 0.2) is 0 Å². The molecule has 1 rings (SSSR count). The number of hydrogen-bond donors (Lipinski definition) is 1. The van der Waals surface area contributed by atoms with Gasteiger partial charge >= 0.3 is 14.2 Å². The molecule has 0 aliphatic carbocycles. The Balaban J connectivity index is 0.000000366. The van der Waals surface area contributed by atoms with Crippen LogP contribution in [0.25, 0.3) is 0 Å². The summed E-state index contributed by atoms with van der Waals surface area (Å²) < 4.78 is 18.4. The highest BCUT2D eigenvalue weighted by atomic mass is 31.1. The lowest BCUT2D eigenvalue weighted by Crippen LogP contribution is -1.96. The molecule has 0 aliphatic heterocycles. The van der Waals surface area contributed by atoms with E-state index in [1.807, 2.05) is 30.3 Å². The molecule has 5 nitrogen and oxygen atoms in total. The van der Waals surface area contributed by atoms with Gasteiger partial charge in [-0.1, -0.05) is 30.3 Å². The molecule has 0 radical (unpaired) electrons. The van der Waals surface area contributed by atoms with Crippen LogP contribution in [-0.4, -0.2) is 25.3 Å². The van der Waals surface area contributed by atoms with Crippen LogP contribution < -0.4 is 0 Å². The van der Waals surface area contributed by atoms with Gasteiger partial charge in [-0.05, 0) is 12.0 Å². The van der Waals surface area contributed by atoms with Crippen molar-refractivity contribution in [3.8, 4) is 0 Å². The zero-order valence-electron chi connectivity index (χ0n) is 9.88. The second-order valence-electron chi connectivity index (χ2n) is 3.04. The Morgan fingerprint density at radius 1 is 1.24 bits per heavy atom. The van der Waals surface area contributed by atoms with E-state index in [1.165, 1.54) is 14.2 Å². The molecule has 0 heterocycles. The number of aryl methyl sites for hydroxylation is 1. The van der Waals surface area contributed by atoms with Gasteiger partial charge in [-0.25, -0.2) is 0 Å². The lowest BCUT2D eigenvalue weighted by molar-refractivity contribution is -0.136. The van der Waals surface area contributed by atoms with E-state index in [4.69, 9.17) is 5.11 Å². The third-order valence-corrected chi connectivity index (χ3v) is 2.47. The average molecular weight is 260 g/mol. The first kappa shape index (κ1) is 15.8. The monoisotopic (exact) mass is 260 g/mol. The van der Waals surface area contributed by atoms with Crippen LogP contribution in [0.15, 0.2) is 30.3 Å². The normalized spacial score (nSPS) is 9.59. The topological polar surface area (TPSA) is 72.8 Å². The Kier molecular flexibility index (Phi) is 9.34. The summed E-state index contributed by atoms with van der Waals surface area (Å²) in [7, 11) is 0.558. The summed E-state index contributed by atoms with van der Waals surface area (Å²) in [6, 6.07) is 9.62. The number of rotatable bonds is 5. The molecule has 0 unspecified atom stereocenters. The van der Waals surface area contributed by atoms with Gasteiger partial charge in [-0.15, -0.1) is 0 Å². The standard InChI is InChI=1S/C9H10O2.C2H7O3P/c10-9(11)7-6-8-4-2-1-3-5-8;1-4-6(3)5-2/h1-5H,6-7H2,(H,10,11);6H,1-2H3. The Morgan fingerprint density at radius 3 is 2.12 bits per heavy atom. The van der Waals surface area contributed by atoms with E-state index in [0.717, 1.165) is 5.56 Å². The Labute approximate surface area is 101 Å². The minimum atomic E-state index is -2.12. The van der Waals surface area contributed by atoms with E-state index in [0.29, 0.717) is 6.42 Å². The van der Waals surface area contributed by atoms with Crippen molar-refractivity contribution in [2.75, 3.05) is 14.2 Å². The Hall–Kier alpha value is -1.16. The number of aliphatic carboxylic acids is 1. The van der Waals surface area contributed by atoms with Crippen LogP contribution in [0.4, 0.5) is 0 Å². The largest absolute Gasteiger partial charge is 0.481 e. The third kappa shape index (κ3) is 9.75. The summed E-state index contributed by atoms with van der Waals surface area (Å²) in [5.41, 5.74) is 1.08. The molecule has 0 amide bonds. The molecule has 0 bridgehead atoms. The van der Waals surface area contributed by atoms with Gasteiger partial charge in [0.25, 0.3) is 0 Å². The molecule has 6 heteroatoms. The fourth-order valence-electron chi connectivity index (χ4n) is 0.979. The van der Waals surface area contributed by atoms with Gasteiger partial charge in [0, 0.05) is 20.6 Å². The molecule has 96 valence electrons. The molecular formula is C11H17O5P. The molecule has 0 atom stereocenters. The van der Waals surface area contributed by atoms with Gasteiger partial charge < -0.3 is 14.2 Å². The predicted molar refractivity (Wildman–Crippen MR) is 65.4 cm³/mol. The molecule has 0 saturated carbocycles. The molecule has 0 aromatic heterocycles. The van der Waals surface area contributed by atoms with E-state index in [2.05, 4.69) is 9.05 Å². The lowest BCUT2D eigenvalue weighted by atomic mass is 10.1. The molecule has 0 aliphatic rings. The van der Waals surface area contributed by atoms with E-state index in [1.54, 1.807) is 0 Å². The maximum absolute atomic E-state index is 10.2. The quantitative estimate of drug-likeness (QED) is 0.823. The van der Waals surface area contributed by atoms with Crippen molar-refractivity contribution in [3.05, 3.63) is 35.9 Å². The number of carboxylic acids is 1. The van der Waals surface area contributed by atoms with Crippen LogP contribution in [0.3, 0.4) is 0 Å². The molecule has 17 heavy (non-hydrogen) atoms. The second-order valence-corrected chi connectivity index (χ2v) is 4.35. The maximum Gasteiger partial charge on any atom is 0.318 e. The summed E-state index contributed by atoms with van der Waals surface area (Å²) in [4.78, 5) is 10.2. The fourth-order valence-corrected chi connectivity index (χ4v) is 1.15. The van der Waals surface area contributed by atoms with Crippen LogP contribution in [0.2, 0.25) is 0 Å². The molecule has 0 fully saturated rings. The minimum Gasteiger partial charge on any atom is -0.481 e. The van der Waals surface area contributed by atoms with Gasteiger partial charge in [0.2, 0.25) is 0 Å². The SMILES string of the molecule is CO[PH](=O)OC.O=C(O)CCc1ccccc1. The number of benzene rings is 1. The maximum atomic E-state index is 10.2. The van der Waals surface area contributed by atoms with E-state index in [9.17, 15) is 9.36 Å².